The molecular formula is C9H14. The molecule has 50 valence electrons. The van der Waals surface area contributed by atoms with E-state index in [1.807, 2.05) is 0 Å². The van der Waals surface area contributed by atoms with Crippen LogP contribution in [0.5, 0.6) is 0 Å². The minimum atomic E-state index is 0.843. The fourth-order valence-corrected chi connectivity index (χ4v) is 3.90. The van der Waals surface area contributed by atoms with E-state index in [4.69, 9.17) is 0 Å². The highest BCUT2D eigenvalue weighted by atomic mass is 14.6. The lowest BCUT2D eigenvalue weighted by Crippen LogP contribution is -2.13. The highest BCUT2D eigenvalue weighted by Gasteiger charge is 2.60. The molecule has 0 radical (unpaired) electrons. The van der Waals surface area contributed by atoms with Crippen molar-refractivity contribution in [2.75, 3.05) is 0 Å². The second kappa shape index (κ2) is 1.09. The lowest BCUT2D eigenvalue weighted by molar-refractivity contribution is 0.280. The molecule has 4 aliphatic carbocycles. The van der Waals surface area contributed by atoms with E-state index in [0.717, 1.165) is 11.3 Å². The standard InChI is InChI=1S/C9H14/c1-9-4-6-2-8(9)3-7(6)5-9/h6-8H,2-5H2,1H3. The van der Waals surface area contributed by atoms with Crippen LogP contribution >= 0.6 is 0 Å². The molecule has 9 heavy (non-hydrogen) atoms. The molecule has 0 amide bonds. The van der Waals surface area contributed by atoms with Crippen molar-refractivity contribution in [3.05, 3.63) is 0 Å². The van der Waals surface area contributed by atoms with Crippen molar-refractivity contribution in [3.63, 3.8) is 0 Å². The minimum absolute atomic E-state index is 0.843. The van der Waals surface area contributed by atoms with Gasteiger partial charge in [-0.3, -0.25) is 0 Å². The molecule has 0 nitrogen and oxygen atoms in total. The fourth-order valence-electron chi connectivity index (χ4n) is 3.90. The monoisotopic (exact) mass is 122 g/mol. The van der Waals surface area contributed by atoms with Crippen LogP contribution in [-0.4, -0.2) is 0 Å². The van der Waals surface area contributed by atoms with E-state index in [2.05, 4.69) is 6.92 Å². The lowest BCUT2D eigenvalue weighted by Gasteiger charge is -2.22. The first kappa shape index (κ1) is 4.76. The van der Waals surface area contributed by atoms with Crippen LogP contribution in [0.1, 0.15) is 32.6 Å². The molecule has 0 heterocycles. The Balaban J connectivity index is 2.14. The summed E-state index contributed by atoms with van der Waals surface area (Å²) in [4.78, 5) is 0. The molecule has 0 heteroatoms. The Morgan fingerprint density at radius 2 is 1.67 bits per heavy atom. The summed E-state index contributed by atoms with van der Waals surface area (Å²) in [6.07, 6.45) is 6.37. The SMILES string of the molecule is CC12CC3CC1CC3C2. The van der Waals surface area contributed by atoms with E-state index in [-0.39, 0.29) is 0 Å². The first-order valence-electron chi connectivity index (χ1n) is 4.28. The maximum absolute atomic E-state index is 2.52. The molecule has 0 aromatic heterocycles. The van der Waals surface area contributed by atoms with Crippen molar-refractivity contribution >= 4 is 0 Å². The van der Waals surface area contributed by atoms with Crippen LogP contribution in [0.25, 0.3) is 0 Å². The van der Waals surface area contributed by atoms with Gasteiger partial charge in [-0.05, 0) is 48.9 Å². The molecule has 4 rings (SSSR count). The van der Waals surface area contributed by atoms with E-state index >= 15 is 0 Å². The Labute approximate surface area is 56.6 Å². The van der Waals surface area contributed by atoms with E-state index in [1.165, 1.54) is 11.8 Å². The predicted molar refractivity (Wildman–Crippen MR) is 37.0 cm³/mol. The van der Waals surface area contributed by atoms with Gasteiger partial charge >= 0.3 is 0 Å². The highest BCUT2D eigenvalue weighted by molar-refractivity contribution is 5.09. The zero-order valence-corrected chi connectivity index (χ0v) is 6.06. The van der Waals surface area contributed by atoms with Crippen LogP contribution in [0.3, 0.4) is 0 Å². The molecular weight excluding hydrogens is 108 g/mol. The first-order valence-corrected chi connectivity index (χ1v) is 4.28. The molecule has 0 saturated heterocycles. The van der Waals surface area contributed by atoms with Crippen molar-refractivity contribution in [2.45, 2.75) is 32.6 Å². The summed E-state index contributed by atoms with van der Waals surface area (Å²) in [6.45, 7) is 2.52. The summed E-state index contributed by atoms with van der Waals surface area (Å²) in [7, 11) is 0. The van der Waals surface area contributed by atoms with E-state index in [1.54, 1.807) is 25.7 Å². The molecule has 4 fully saturated rings. The maximum Gasteiger partial charge on any atom is -0.0292 e. The van der Waals surface area contributed by atoms with Crippen LogP contribution in [-0.2, 0) is 0 Å². The largest absolute Gasteiger partial charge is 0.0594 e. The van der Waals surface area contributed by atoms with Crippen molar-refractivity contribution in [2.24, 2.45) is 23.2 Å². The average molecular weight is 122 g/mol. The molecule has 4 bridgehead atoms. The molecule has 0 aromatic carbocycles. The van der Waals surface area contributed by atoms with Crippen LogP contribution in [0, 0.1) is 23.2 Å². The Morgan fingerprint density at radius 3 is 1.78 bits per heavy atom. The van der Waals surface area contributed by atoms with Gasteiger partial charge in [0.25, 0.3) is 0 Å². The quantitative estimate of drug-likeness (QED) is 0.463. The van der Waals surface area contributed by atoms with Crippen LogP contribution in [0.15, 0.2) is 0 Å². The summed E-state index contributed by atoms with van der Waals surface area (Å²) >= 11 is 0. The Hall–Kier alpha value is 0. The van der Waals surface area contributed by atoms with Gasteiger partial charge in [0.05, 0.1) is 0 Å². The third kappa shape index (κ3) is 0.367. The second-order valence-corrected chi connectivity index (χ2v) is 4.75. The Bertz CT molecular complexity index is 145. The molecule has 0 spiro atoms. The van der Waals surface area contributed by atoms with Crippen molar-refractivity contribution in [3.8, 4) is 0 Å². The van der Waals surface area contributed by atoms with Gasteiger partial charge in [0.1, 0.15) is 0 Å². The van der Waals surface area contributed by atoms with Crippen LogP contribution in [0.2, 0.25) is 0 Å². The predicted octanol–water partition coefficient (Wildman–Crippen LogP) is 2.44. The summed E-state index contributed by atoms with van der Waals surface area (Å²) < 4.78 is 0. The normalized spacial score (nSPS) is 68.3. The van der Waals surface area contributed by atoms with E-state index in [0.29, 0.717) is 0 Å². The van der Waals surface area contributed by atoms with Crippen molar-refractivity contribution in [1.82, 2.24) is 0 Å². The van der Waals surface area contributed by atoms with Gasteiger partial charge in [-0.2, -0.15) is 0 Å². The van der Waals surface area contributed by atoms with Crippen molar-refractivity contribution in [1.29, 1.82) is 0 Å². The molecule has 0 aromatic rings. The molecule has 0 aliphatic heterocycles. The summed E-state index contributed by atoms with van der Waals surface area (Å²) in [5.74, 6) is 3.52. The lowest BCUT2D eigenvalue weighted by atomic mass is 9.83. The zero-order chi connectivity index (χ0) is 6.06. The number of hydrogen-bond donors (Lipinski definition) is 0. The van der Waals surface area contributed by atoms with Crippen molar-refractivity contribution < 1.29 is 0 Å². The Morgan fingerprint density at radius 1 is 1.11 bits per heavy atom. The molecule has 0 N–H and O–H groups in total. The van der Waals surface area contributed by atoms with Gasteiger partial charge in [0, 0.05) is 0 Å². The van der Waals surface area contributed by atoms with Crippen LogP contribution < -0.4 is 0 Å². The smallest absolute Gasteiger partial charge is 0.0292 e. The van der Waals surface area contributed by atoms with E-state index in [9.17, 15) is 0 Å². The van der Waals surface area contributed by atoms with Gasteiger partial charge in [0.2, 0.25) is 0 Å². The summed E-state index contributed by atoms with van der Waals surface area (Å²) in [5.41, 5.74) is 0.843. The van der Waals surface area contributed by atoms with Gasteiger partial charge in [-0.15, -0.1) is 0 Å². The molecule has 2 unspecified atom stereocenters. The maximum atomic E-state index is 2.52. The highest BCUT2D eigenvalue weighted by Crippen LogP contribution is 2.69. The van der Waals surface area contributed by atoms with Gasteiger partial charge in [0.15, 0.2) is 0 Å². The molecule has 4 saturated carbocycles. The average Bonchev–Trinajstić information content (AvgIpc) is 2.27. The summed E-state index contributed by atoms with van der Waals surface area (Å²) in [5, 5.41) is 0. The topological polar surface area (TPSA) is 0 Å². The van der Waals surface area contributed by atoms with E-state index < -0.39 is 0 Å². The molecule has 2 atom stereocenters. The number of hydrogen-bond acceptors (Lipinski definition) is 0. The second-order valence-electron chi connectivity index (χ2n) is 4.75. The van der Waals surface area contributed by atoms with Crippen LogP contribution in [0.4, 0.5) is 0 Å². The van der Waals surface area contributed by atoms with Gasteiger partial charge in [-0.1, -0.05) is 6.92 Å². The third-order valence-corrected chi connectivity index (χ3v) is 4.28. The Kier molecular flexibility index (Phi) is 0.574. The van der Waals surface area contributed by atoms with Gasteiger partial charge in [-0.25, -0.2) is 0 Å². The fraction of sp³-hybridized carbons (Fsp3) is 1.00. The minimum Gasteiger partial charge on any atom is -0.0594 e. The third-order valence-electron chi connectivity index (χ3n) is 4.28. The first-order chi connectivity index (χ1) is 4.28. The van der Waals surface area contributed by atoms with Gasteiger partial charge < -0.3 is 0 Å². The zero-order valence-electron chi connectivity index (χ0n) is 6.06. The summed E-state index contributed by atoms with van der Waals surface area (Å²) in [6, 6.07) is 0. The molecule has 4 aliphatic rings. The number of rotatable bonds is 0.